The van der Waals surface area contributed by atoms with Crippen LogP contribution in [0.1, 0.15) is 92.9 Å². The second-order valence-corrected chi connectivity index (χ2v) is 13.7. The third-order valence-corrected chi connectivity index (χ3v) is 12.3. The van der Waals surface area contributed by atoms with Crippen LogP contribution in [0.4, 0.5) is 0 Å². The topological polar surface area (TPSA) is 60.7 Å². The van der Waals surface area contributed by atoms with Crippen LogP contribution in [0.5, 0.6) is 0 Å². The number of aliphatic hydroxyl groups is 3. The molecule has 0 saturated heterocycles. The smallest absolute Gasteiger partial charge is 0.102 e. The van der Waals surface area contributed by atoms with Crippen molar-refractivity contribution in [3.05, 3.63) is 11.6 Å². The zero-order chi connectivity index (χ0) is 23.2. The van der Waals surface area contributed by atoms with Gasteiger partial charge in [-0.1, -0.05) is 53.2 Å². The highest BCUT2D eigenvalue weighted by molar-refractivity contribution is 5.33. The minimum absolute atomic E-state index is 0.309. The molecule has 5 aliphatic carbocycles. The lowest BCUT2D eigenvalue weighted by Crippen LogP contribution is -2.65. The number of fused-ring (bicyclic) bond motifs is 5. The molecule has 0 bridgehead atoms. The Labute approximate surface area is 196 Å². The summed E-state index contributed by atoms with van der Waals surface area (Å²) in [6.07, 6.45) is 8.93. The number of rotatable bonds is 4. The molecule has 0 radical (unpaired) electrons. The number of allylic oxidation sites excluding steroid dienone is 1. The molecule has 0 aliphatic heterocycles. The molecule has 0 aromatic carbocycles. The summed E-state index contributed by atoms with van der Waals surface area (Å²) in [6, 6.07) is 0. The van der Waals surface area contributed by atoms with Gasteiger partial charge in [0.1, 0.15) is 11.7 Å². The minimum Gasteiger partial charge on any atom is -0.393 e. The van der Waals surface area contributed by atoms with Gasteiger partial charge < -0.3 is 15.3 Å². The van der Waals surface area contributed by atoms with Crippen LogP contribution in [0.2, 0.25) is 0 Å². The van der Waals surface area contributed by atoms with E-state index < -0.39 is 17.8 Å². The van der Waals surface area contributed by atoms with Crippen LogP contribution in [0.15, 0.2) is 11.6 Å². The predicted octanol–water partition coefficient (Wildman–Crippen LogP) is 5.58. The lowest BCUT2D eigenvalue weighted by Gasteiger charge is -2.62. The van der Waals surface area contributed by atoms with Gasteiger partial charge in [-0.15, -0.1) is 0 Å². The van der Waals surface area contributed by atoms with E-state index >= 15 is 0 Å². The van der Waals surface area contributed by atoms with Gasteiger partial charge in [0.25, 0.3) is 0 Å². The van der Waals surface area contributed by atoms with E-state index in [1.807, 2.05) is 0 Å². The molecule has 12 unspecified atom stereocenters. The van der Waals surface area contributed by atoms with Gasteiger partial charge in [-0.05, 0) is 97.7 Å². The van der Waals surface area contributed by atoms with Gasteiger partial charge in [-0.3, -0.25) is 0 Å². The molecular weight excluding hydrogens is 396 g/mol. The first kappa shape index (κ1) is 23.4. The maximum absolute atomic E-state index is 11.6. The van der Waals surface area contributed by atoms with E-state index in [1.165, 1.54) is 31.3 Å². The summed E-state index contributed by atoms with van der Waals surface area (Å²) >= 11 is 0. The molecule has 182 valence electrons. The average Bonchev–Trinajstić information content (AvgIpc) is 3.44. The van der Waals surface area contributed by atoms with Gasteiger partial charge in [0.15, 0.2) is 0 Å². The standard InChI is InChI=1S/C29H48O3/c1-16(2)17(3)20-13-21(20)18(4)23-7-8-24-22-14-26(31)29(32)15-19(30)9-12-28(29,6)25(22)10-11-27(23,24)5/h14,16-21,23-26,30-32H,7-13,15H2,1-6H3. The summed E-state index contributed by atoms with van der Waals surface area (Å²) in [5.74, 6) is 5.91. The molecule has 0 spiro atoms. The van der Waals surface area contributed by atoms with Crippen molar-refractivity contribution < 1.29 is 15.3 Å². The van der Waals surface area contributed by atoms with Crippen molar-refractivity contribution in [2.45, 2.75) is 111 Å². The molecular formula is C29H48O3. The molecule has 3 nitrogen and oxygen atoms in total. The minimum atomic E-state index is -1.19. The highest BCUT2D eigenvalue weighted by atomic mass is 16.3. The van der Waals surface area contributed by atoms with Crippen molar-refractivity contribution >= 4 is 0 Å². The predicted molar refractivity (Wildman–Crippen MR) is 129 cm³/mol. The Morgan fingerprint density at radius 3 is 2.31 bits per heavy atom. The first-order chi connectivity index (χ1) is 14.9. The quantitative estimate of drug-likeness (QED) is 0.496. The van der Waals surface area contributed by atoms with E-state index in [0.29, 0.717) is 23.7 Å². The van der Waals surface area contributed by atoms with E-state index in [4.69, 9.17) is 0 Å². The van der Waals surface area contributed by atoms with Crippen LogP contribution in [0.3, 0.4) is 0 Å². The van der Waals surface area contributed by atoms with Crippen molar-refractivity contribution in [2.75, 3.05) is 0 Å². The Bertz CT molecular complexity index is 774. The van der Waals surface area contributed by atoms with Gasteiger partial charge in [0.2, 0.25) is 0 Å². The van der Waals surface area contributed by atoms with Crippen molar-refractivity contribution in [3.8, 4) is 0 Å². The lowest BCUT2D eigenvalue weighted by molar-refractivity contribution is -0.210. The Balaban J connectivity index is 1.40. The van der Waals surface area contributed by atoms with E-state index in [-0.39, 0.29) is 5.41 Å². The van der Waals surface area contributed by atoms with E-state index in [1.54, 1.807) is 0 Å². The van der Waals surface area contributed by atoms with E-state index in [2.05, 4.69) is 47.6 Å². The van der Waals surface area contributed by atoms with Crippen LogP contribution in [0, 0.1) is 58.2 Å². The first-order valence-corrected chi connectivity index (χ1v) is 13.7. The van der Waals surface area contributed by atoms with Gasteiger partial charge in [0.05, 0.1) is 6.10 Å². The molecule has 4 fully saturated rings. The third-order valence-electron chi connectivity index (χ3n) is 12.3. The van der Waals surface area contributed by atoms with Crippen molar-refractivity contribution in [2.24, 2.45) is 58.2 Å². The monoisotopic (exact) mass is 444 g/mol. The third kappa shape index (κ3) is 3.09. The molecule has 3 heteroatoms. The molecule has 12 atom stereocenters. The van der Waals surface area contributed by atoms with Crippen LogP contribution < -0.4 is 0 Å². The molecule has 32 heavy (non-hydrogen) atoms. The number of aliphatic hydroxyl groups excluding tert-OH is 2. The zero-order valence-corrected chi connectivity index (χ0v) is 21.3. The highest BCUT2D eigenvalue weighted by Crippen LogP contribution is 2.69. The normalized spacial score (nSPS) is 54.3. The molecule has 5 rings (SSSR count). The maximum Gasteiger partial charge on any atom is 0.102 e. The number of hydrogen-bond acceptors (Lipinski definition) is 3. The molecule has 0 amide bonds. The Morgan fingerprint density at radius 2 is 1.62 bits per heavy atom. The van der Waals surface area contributed by atoms with Gasteiger partial charge in [-0.25, -0.2) is 0 Å². The van der Waals surface area contributed by atoms with Gasteiger partial charge >= 0.3 is 0 Å². The lowest BCUT2D eigenvalue weighted by atomic mass is 9.45. The van der Waals surface area contributed by atoms with E-state index in [9.17, 15) is 15.3 Å². The maximum atomic E-state index is 11.6. The fraction of sp³-hybridized carbons (Fsp3) is 0.931. The van der Waals surface area contributed by atoms with Gasteiger partial charge in [-0.2, -0.15) is 0 Å². The summed E-state index contributed by atoms with van der Waals surface area (Å²) in [6.45, 7) is 14.5. The average molecular weight is 445 g/mol. The second kappa shape index (κ2) is 7.56. The summed E-state index contributed by atoms with van der Waals surface area (Å²) in [5, 5.41) is 33.1. The Hall–Kier alpha value is -0.380. The summed E-state index contributed by atoms with van der Waals surface area (Å²) < 4.78 is 0. The SMILES string of the molecule is CC(C)C(C)C1CC1C(C)C1CCC2C3=CC(O)C4(O)CC(O)CCC4(C)C3CCC21C. The Morgan fingerprint density at radius 1 is 0.906 bits per heavy atom. The van der Waals surface area contributed by atoms with Crippen LogP contribution >= 0.6 is 0 Å². The molecule has 3 N–H and O–H groups in total. The first-order valence-electron chi connectivity index (χ1n) is 13.7. The Kier molecular flexibility index (Phi) is 5.52. The van der Waals surface area contributed by atoms with Crippen LogP contribution in [-0.4, -0.2) is 33.1 Å². The van der Waals surface area contributed by atoms with Crippen molar-refractivity contribution in [3.63, 3.8) is 0 Å². The number of hydrogen-bond donors (Lipinski definition) is 3. The molecule has 0 aromatic heterocycles. The van der Waals surface area contributed by atoms with Crippen molar-refractivity contribution in [1.82, 2.24) is 0 Å². The molecule has 0 aromatic rings. The van der Waals surface area contributed by atoms with E-state index in [0.717, 1.165) is 54.8 Å². The van der Waals surface area contributed by atoms with Gasteiger partial charge in [0, 0.05) is 11.8 Å². The summed E-state index contributed by atoms with van der Waals surface area (Å²) in [4.78, 5) is 0. The molecule has 4 saturated carbocycles. The highest BCUT2D eigenvalue weighted by Gasteiger charge is 2.65. The van der Waals surface area contributed by atoms with Crippen LogP contribution in [0.25, 0.3) is 0 Å². The second-order valence-electron chi connectivity index (χ2n) is 13.7. The fourth-order valence-corrected chi connectivity index (χ4v) is 9.69. The largest absolute Gasteiger partial charge is 0.393 e. The fourth-order valence-electron chi connectivity index (χ4n) is 9.69. The van der Waals surface area contributed by atoms with Crippen molar-refractivity contribution in [1.29, 1.82) is 0 Å². The molecule has 0 heterocycles. The molecule has 5 aliphatic rings. The van der Waals surface area contributed by atoms with Crippen LogP contribution in [-0.2, 0) is 0 Å². The summed E-state index contributed by atoms with van der Waals surface area (Å²) in [7, 11) is 0. The zero-order valence-electron chi connectivity index (χ0n) is 21.3. The summed E-state index contributed by atoms with van der Waals surface area (Å²) in [5.41, 5.74) is 0.281.